The minimum Gasteiger partial charge on any atom is -0.381 e. The molecule has 1 unspecified atom stereocenters. The molecule has 2 aliphatic rings. The minimum absolute atomic E-state index is 0.230. The third kappa shape index (κ3) is 5.27. The topological polar surface area (TPSA) is 21.3 Å². The first kappa shape index (κ1) is 14.3. The van der Waals surface area contributed by atoms with Gasteiger partial charge in [0.1, 0.15) is 0 Å². The van der Waals surface area contributed by atoms with Crippen LogP contribution < -0.4 is 5.32 Å². The molecule has 0 heterocycles. The Morgan fingerprint density at radius 1 is 1.11 bits per heavy atom. The molecule has 0 radical (unpaired) electrons. The molecule has 18 heavy (non-hydrogen) atoms. The van der Waals surface area contributed by atoms with Crippen molar-refractivity contribution in [2.45, 2.75) is 64.8 Å². The van der Waals surface area contributed by atoms with Crippen LogP contribution in [0.5, 0.6) is 0 Å². The molecule has 2 heteroatoms. The van der Waals surface area contributed by atoms with Gasteiger partial charge >= 0.3 is 0 Å². The minimum atomic E-state index is 0.230. The van der Waals surface area contributed by atoms with Gasteiger partial charge in [0.05, 0.1) is 6.61 Å². The van der Waals surface area contributed by atoms with Crippen LogP contribution in [-0.2, 0) is 4.74 Å². The molecule has 0 aromatic rings. The molecule has 0 aromatic heterocycles. The zero-order valence-corrected chi connectivity index (χ0v) is 12.5. The van der Waals surface area contributed by atoms with E-state index < -0.39 is 0 Å². The van der Waals surface area contributed by atoms with Crippen molar-refractivity contribution >= 4 is 0 Å². The van der Waals surface area contributed by atoms with Gasteiger partial charge in [-0.05, 0) is 51.4 Å². The smallest absolute Gasteiger partial charge is 0.0509 e. The molecule has 2 saturated carbocycles. The highest BCUT2D eigenvalue weighted by atomic mass is 16.5. The van der Waals surface area contributed by atoms with Crippen molar-refractivity contribution < 1.29 is 4.74 Å². The summed E-state index contributed by atoms with van der Waals surface area (Å²) < 4.78 is 5.96. The zero-order chi connectivity index (χ0) is 13.0. The van der Waals surface area contributed by atoms with Crippen LogP contribution in [0.2, 0.25) is 0 Å². The first-order valence-corrected chi connectivity index (χ1v) is 7.87. The summed E-state index contributed by atoms with van der Waals surface area (Å²) >= 11 is 0. The number of rotatable bonds is 7. The van der Waals surface area contributed by atoms with E-state index in [1.807, 2.05) is 0 Å². The molecule has 2 nitrogen and oxygen atoms in total. The first-order valence-electron chi connectivity index (χ1n) is 7.87. The molecule has 2 fully saturated rings. The van der Waals surface area contributed by atoms with Gasteiger partial charge in [-0.2, -0.15) is 0 Å². The van der Waals surface area contributed by atoms with Gasteiger partial charge in [-0.3, -0.25) is 0 Å². The predicted molar refractivity (Wildman–Crippen MR) is 76.7 cm³/mol. The average Bonchev–Trinajstić information content (AvgIpc) is 2.94. The van der Waals surface area contributed by atoms with E-state index in [-0.39, 0.29) is 5.54 Å². The van der Waals surface area contributed by atoms with Crippen molar-refractivity contribution in [3.05, 3.63) is 0 Å². The van der Waals surface area contributed by atoms with Gasteiger partial charge in [-0.1, -0.05) is 25.7 Å². The maximum atomic E-state index is 5.96. The van der Waals surface area contributed by atoms with Crippen molar-refractivity contribution in [1.29, 1.82) is 0 Å². The van der Waals surface area contributed by atoms with E-state index in [0.717, 1.165) is 37.5 Å². The van der Waals surface area contributed by atoms with Crippen LogP contribution in [0, 0.1) is 17.8 Å². The third-order valence-electron chi connectivity index (χ3n) is 4.34. The Labute approximate surface area is 113 Å². The summed E-state index contributed by atoms with van der Waals surface area (Å²) in [6.45, 7) is 9.87. The van der Waals surface area contributed by atoms with E-state index in [9.17, 15) is 0 Å². The monoisotopic (exact) mass is 253 g/mol. The lowest BCUT2D eigenvalue weighted by atomic mass is 9.90. The second-order valence-electron chi connectivity index (χ2n) is 7.42. The fraction of sp³-hybridized carbons (Fsp3) is 1.00. The van der Waals surface area contributed by atoms with E-state index in [1.54, 1.807) is 0 Å². The summed E-state index contributed by atoms with van der Waals surface area (Å²) in [5.74, 6) is 2.52. The van der Waals surface area contributed by atoms with Crippen molar-refractivity contribution in [3.63, 3.8) is 0 Å². The summed E-state index contributed by atoms with van der Waals surface area (Å²) in [6.07, 6.45) is 8.49. The van der Waals surface area contributed by atoms with Crippen molar-refractivity contribution in [2.75, 3.05) is 19.8 Å². The maximum absolute atomic E-state index is 5.96. The lowest BCUT2D eigenvalue weighted by molar-refractivity contribution is 0.0678. The lowest BCUT2D eigenvalue weighted by Gasteiger charge is -2.28. The highest BCUT2D eigenvalue weighted by Gasteiger charge is 2.27. The van der Waals surface area contributed by atoms with Gasteiger partial charge in [0, 0.05) is 18.7 Å². The van der Waals surface area contributed by atoms with Crippen LogP contribution in [0.3, 0.4) is 0 Å². The highest BCUT2D eigenvalue weighted by Crippen LogP contribution is 2.33. The Morgan fingerprint density at radius 3 is 2.33 bits per heavy atom. The van der Waals surface area contributed by atoms with Gasteiger partial charge in [0.15, 0.2) is 0 Å². The maximum Gasteiger partial charge on any atom is 0.0509 e. The van der Waals surface area contributed by atoms with Crippen molar-refractivity contribution in [3.8, 4) is 0 Å². The van der Waals surface area contributed by atoms with Crippen LogP contribution in [0.25, 0.3) is 0 Å². The Morgan fingerprint density at radius 2 is 1.78 bits per heavy atom. The summed E-state index contributed by atoms with van der Waals surface area (Å²) in [4.78, 5) is 0. The molecule has 2 rings (SSSR count). The number of nitrogens with one attached hydrogen (secondary N) is 1. The van der Waals surface area contributed by atoms with E-state index in [0.29, 0.717) is 0 Å². The van der Waals surface area contributed by atoms with Gasteiger partial charge in [-0.15, -0.1) is 0 Å². The van der Waals surface area contributed by atoms with Gasteiger partial charge < -0.3 is 10.1 Å². The van der Waals surface area contributed by atoms with Crippen LogP contribution >= 0.6 is 0 Å². The fourth-order valence-electron chi connectivity index (χ4n) is 2.90. The van der Waals surface area contributed by atoms with Crippen molar-refractivity contribution in [2.24, 2.45) is 17.8 Å². The molecule has 0 aliphatic heterocycles. The molecule has 0 spiro atoms. The predicted octanol–water partition coefficient (Wildman–Crippen LogP) is 3.61. The highest BCUT2D eigenvalue weighted by molar-refractivity contribution is 4.81. The van der Waals surface area contributed by atoms with E-state index in [4.69, 9.17) is 4.74 Å². The summed E-state index contributed by atoms with van der Waals surface area (Å²) in [7, 11) is 0. The van der Waals surface area contributed by atoms with Crippen LogP contribution in [0.4, 0.5) is 0 Å². The van der Waals surface area contributed by atoms with Crippen molar-refractivity contribution in [1.82, 2.24) is 5.32 Å². The molecule has 0 bridgehead atoms. The number of hydrogen-bond donors (Lipinski definition) is 1. The molecule has 1 atom stereocenters. The first-order chi connectivity index (χ1) is 8.54. The fourth-order valence-corrected chi connectivity index (χ4v) is 2.90. The van der Waals surface area contributed by atoms with Gasteiger partial charge in [0.25, 0.3) is 0 Å². The van der Waals surface area contributed by atoms with Gasteiger partial charge in [-0.25, -0.2) is 0 Å². The molecular weight excluding hydrogens is 222 g/mol. The Hall–Kier alpha value is -0.0800. The second-order valence-corrected chi connectivity index (χ2v) is 7.42. The lowest BCUT2D eigenvalue weighted by Crippen LogP contribution is -2.41. The second kappa shape index (κ2) is 6.38. The Balaban J connectivity index is 1.73. The van der Waals surface area contributed by atoms with E-state index in [2.05, 4.69) is 26.1 Å². The van der Waals surface area contributed by atoms with E-state index >= 15 is 0 Å². The standard InChI is InChI=1S/C16H31NO/c1-16(2,3)17-10-15(14-6-4-5-7-14)12-18-11-13-8-9-13/h13-15,17H,4-12H2,1-3H3. The normalized spacial score (nSPS) is 23.5. The van der Waals surface area contributed by atoms with Crippen LogP contribution in [0.15, 0.2) is 0 Å². The van der Waals surface area contributed by atoms with Gasteiger partial charge in [0.2, 0.25) is 0 Å². The third-order valence-corrected chi connectivity index (χ3v) is 4.34. The van der Waals surface area contributed by atoms with E-state index in [1.165, 1.54) is 38.5 Å². The molecule has 0 aromatic carbocycles. The SMILES string of the molecule is CC(C)(C)NCC(COCC1CC1)C1CCCC1. The molecule has 1 N–H and O–H groups in total. The summed E-state index contributed by atoms with van der Waals surface area (Å²) in [5.41, 5.74) is 0.230. The number of hydrogen-bond acceptors (Lipinski definition) is 2. The molecule has 106 valence electrons. The molecule has 0 amide bonds. The Kier molecular flexibility index (Phi) is 5.08. The quantitative estimate of drug-likeness (QED) is 0.748. The Bertz CT molecular complexity index is 236. The zero-order valence-electron chi connectivity index (χ0n) is 12.5. The number of ether oxygens (including phenoxy) is 1. The molecule has 0 saturated heterocycles. The summed E-state index contributed by atoms with van der Waals surface area (Å²) in [6, 6.07) is 0. The molecular formula is C16H31NO. The molecule has 2 aliphatic carbocycles. The summed E-state index contributed by atoms with van der Waals surface area (Å²) in [5, 5.41) is 3.67. The van der Waals surface area contributed by atoms with Crippen LogP contribution in [0.1, 0.15) is 59.3 Å². The average molecular weight is 253 g/mol. The van der Waals surface area contributed by atoms with Crippen LogP contribution in [-0.4, -0.2) is 25.3 Å². The largest absolute Gasteiger partial charge is 0.381 e.